The molecule has 3 aromatic rings. The summed E-state index contributed by atoms with van der Waals surface area (Å²) in [4.78, 5) is 18.5. The van der Waals surface area contributed by atoms with Crippen molar-refractivity contribution < 1.29 is 13.7 Å². The summed E-state index contributed by atoms with van der Waals surface area (Å²) in [5.74, 6) is 0.463. The second-order valence-electron chi connectivity index (χ2n) is 8.17. The fourth-order valence-corrected chi connectivity index (χ4v) is 3.38. The van der Waals surface area contributed by atoms with Gasteiger partial charge in [0.25, 0.3) is 5.89 Å². The first-order chi connectivity index (χ1) is 13.3. The molecular formula is C22H22FN3O2. The molecule has 1 aliphatic heterocycles. The van der Waals surface area contributed by atoms with Crippen molar-refractivity contribution >= 4 is 11.6 Å². The van der Waals surface area contributed by atoms with Crippen LogP contribution in [0.15, 0.2) is 53.1 Å². The van der Waals surface area contributed by atoms with Gasteiger partial charge in [0.15, 0.2) is 5.82 Å². The predicted molar refractivity (Wildman–Crippen MR) is 105 cm³/mol. The van der Waals surface area contributed by atoms with Gasteiger partial charge in [0.2, 0.25) is 5.91 Å². The molecule has 2 aromatic carbocycles. The van der Waals surface area contributed by atoms with E-state index in [4.69, 9.17) is 4.52 Å². The summed E-state index contributed by atoms with van der Waals surface area (Å²) >= 11 is 0. The minimum absolute atomic E-state index is 0.0301. The highest BCUT2D eigenvalue weighted by molar-refractivity contribution is 5.96. The zero-order valence-electron chi connectivity index (χ0n) is 16.1. The molecule has 1 amide bonds. The van der Waals surface area contributed by atoms with Crippen molar-refractivity contribution in [2.24, 2.45) is 0 Å². The predicted octanol–water partition coefficient (Wildman–Crippen LogP) is 4.69. The largest absolute Gasteiger partial charge is 0.334 e. The van der Waals surface area contributed by atoms with Gasteiger partial charge in [0, 0.05) is 30.1 Å². The topological polar surface area (TPSA) is 59.2 Å². The van der Waals surface area contributed by atoms with Gasteiger partial charge in [-0.2, -0.15) is 4.98 Å². The molecule has 0 radical (unpaired) electrons. The summed E-state index contributed by atoms with van der Waals surface area (Å²) in [6.45, 7) is 6.94. The van der Waals surface area contributed by atoms with Crippen molar-refractivity contribution in [3.05, 3.63) is 65.7 Å². The quantitative estimate of drug-likeness (QED) is 0.662. The highest BCUT2D eigenvalue weighted by atomic mass is 19.1. The highest BCUT2D eigenvalue weighted by Gasteiger charge is 2.34. The Balaban J connectivity index is 1.52. The van der Waals surface area contributed by atoms with Gasteiger partial charge in [0.05, 0.1) is 0 Å². The van der Waals surface area contributed by atoms with Crippen LogP contribution >= 0.6 is 0 Å². The summed E-state index contributed by atoms with van der Waals surface area (Å²) in [6.07, 6.45) is 0.305. The van der Waals surface area contributed by atoms with Crippen LogP contribution in [0, 0.1) is 5.82 Å². The van der Waals surface area contributed by atoms with E-state index in [0.717, 1.165) is 5.56 Å². The number of benzene rings is 2. The van der Waals surface area contributed by atoms with Gasteiger partial charge in [-0.25, -0.2) is 4.39 Å². The Bertz CT molecular complexity index is 988. The first-order valence-electron chi connectivity index (χ1n) is 9.32. The maximum absolute atomic E-state index is 13.1. The lowest BCUT2D eigenvalue weighted by molar-refractivity contribution is -0.117. The Kier molecular flexibility index (Phi) is 4.49. The number of halogens is 1. The van der Waals surface area contributed by atoms with Crippen molar-refractivity contribution in [3.8, 4) is 11.5 Å². The first kappa shape index (κ1) is 18.3. The Morgan fingerprint density at radius 1 is 1.07 bits per heavy atom. The van der Waals surface area contributed by atoms with Crippen LogP contribution in [0.25, 0.3) is 11.5 Å². The van der Waals surface area contributed by atoms with Crippen LogP contribution in [-0.2, 0) is 10.2 Å². The first-order valence-corrected chi connectivity index (χ1v) is 9.32. The molecule has 1 saturated heterocycles. The molecule has 0 aliphatic carbocycles. The number of hydrogen-bond acceptors (Lipinski definition) is 4. The Morgan fingerprint density at radius 3 is 2.39 bits per heavy atom. The van der Waals surface area contributed by atoms with Crippen LogP contribution in [0.1, 0.15) is 44.5 Å². The number of nitrogens with zero attached hydrogens (tertiary/aromatic N) is 3. The molecule has 1 aliphatic rings. The van der Waals surface area contributed by atoms with E-state index in [0.29, 0.717) is 30.4 Å². The molecule has 1 atom stereocenters. The molecule has 1 aromatic heterocycles. The zero-order chi connectivity index (χ0) is 19.9. The molecule has 28 heavy (non-hydrogen) atoms. The molecule has 6 heteroatoms. The summed E-state index contributed by atoms with van der Waals surface area (Å²) in [7, 11) is 0. The molecular weight excluding hydrogens is 357 g/mol. The maximum Gasteiger partial charge on any atom is 0.257 e. The lowest BCUT2D eigenvalue weighted by atomic mass is 9.87. The Hall–Kier alpha value is -3.02. The summed E-state index contributed by atoms with van der Waals surface area (Å²) in [6, 6.07) is 14.0. The highest BCUT2D eigenvalue weighted by Crippen LogP contribution is 2.32. The SMILES string of the molecule is CC(C)(C)c1ccc(-c2nc(C3CC(=O)N(c4ccc(F)cc4)C3)no2)cc1. The molecule has 0 N–H and O–H groups in total. The van der Waals surface area contributed by atoms with Crippen molar-refractivity contribution in [2.45, 2.75) is 38.5 Å². The standard InChI is InChI=1S/C22H22FN3O2/c1-22(2,3)16-6-4-14(5-7-16)21-24-20(25-28-21)15-12-19(27)26(13-15)18-10-8-17(23)9-11-18/h4-11,15H,12-13H2,1-3H3. The zero-order valence-corrected chi connectivity index (χ0v) is 16.1. The molecule has 1 fully saturated rings. The van der Waals surface area contributed by atoms with E-state index in [1.165, 1.54) is 17.7 Å². The smallest absolute Gasteiger partial charge is 0.257 e. The lowest BCUT2D eigenvalue weighted by Crippen LogP contribution is -2.24. The van der Waals surface area contributed by atoms with E-state index >= 15 is 0 Å². The fourth-order valence-electron chi connectivity index (χ4n) is 3.38. The summed E-state index contributed by atoms with van der Waals surface area (Å²) in [5, 5.41) is 4.10. The minimum Gasteiger partial charge on any atom is -0.334 e. The molecule has 2 heterocycles. The summed E-state index contributed by atoms with van der Waals surface area (Å²) in [5.41, 5.74) is 2.83. The van der Waals surface area contributed by atoms with Gasteiger partial charge < -0.3 is 9.42 Å². The number of anilines is 1. The van der Waals surface area contributed by atoms with Crippen molar-refractivity contribution in [3.63, 3.8) is 0 Å². The fraction of sp³-hybridized carbons (Fsp3) is 0.318. The van der Waals surface area contributed by atoms with Gasteiger partial charge in [-0.15, -0.1) is 0 Å². The van der Waals surface area contributed by atoms with Gasteiger partial charge in [-0.05, 0) is 47.4 Å². The number of rotatable bonds is 3. The molecule has 1 unspecified atom stereocenters. The van der Waals surface area contributed by atoms with E-state index in [9.17, 15) is 9.18 Å². The van der Waals surface area contributed by atoms with Crippen LogP contribution in [-0.4, -0.2) is 22.6 Å². The third kappa shape index (κ3) is 3.54. The Labute approximate surface area is 163 Å². The van der Waals surface area contributed by atoms with Crippen LogP contribution in [0.3, 0.4) is 0 Å². The van der Waals surface area contributed by atoms with E-state index in [1.807, 2.05) is 12.1 Å². The number of aromatic nitrogens is 2. The average molecular weight is 379 g/mol. The van der Waals surface area contributed by atoms with Crippen LogP contribution in [0.4, 0.5) is 10.1 Å². The minimum atomic E-state index is -0.327. The maximum atomic E-state index is 13.1. The van der Waals surface area contributed by atoms with E-state index in [1.54, 1.807) is 17.0 Å². The van der Waals surface area contributed by atoms with Gasteiger partial charge >= 0.3 is 0 Å². The van der Waals surface area contributed by atoms with E-state index in [2.05, 4.69) is 43.0 Å². The lowest BCUT2D eigenvalue weighted by Gasteiger charge is -2.18. The van der Waals surface area contributed by atoms with Crippen LogP contribution in [0.2, 0.25) is 0 Å². The molecule has 5 nitrogen and oxygen atoms in total. The number of carbonyl (C=O) groups excluding carboxylic acids is 1. The van der Waals surface area contributed by atoms with Crippen molar-refractivity contribution in [2.75, 3.05) is 11.4 Å². The third-order valence-corrected chi connectivity index (χ3v) is 5.07. The molecule has 0 saturated carbocycles. The van der Waals surface area contributed by atoms with E-state index < -0.39 is 0 Å². The molecule has 144 valence electrons. The van der Waals surface area contributed by atoms with Crippen LogP contribution < -0.4 is 4.90 Å². The molecule has 0 bridgehead atoms. The average Bonchev–Trinajstić information content (AvgIpc) is 3.29. The monoisotopic (exact) mass is 379 g/mol. The normalized spacial score (nSPS) is 17.4. The van der Waals surface area contributed by atoms with Gasteiger partial charge in [-0.1, -0.05) is 38.1 Å². The third-order valence-electron chi connectivity index (χ3n) is 5.07. The van der Waals surface area contributed by atoms with Gasteiger partial charge in [-0.3, -0.25) is 4.79 Å². The summed E-state index contributed by atoms with van der Waals surface area (Å²) < 4.78 is 18.6. The van der Waals surface area contributed by atoms with Crippen molar-refractivity contribution in [1.29, 1.82) is 0 Å². The second kappa shape index (κ2) is 6.86. The molecule has 0 spiro atoms. The van der Waals surface area contributed by atoms with Crippen LogP contribution in [0.5, 0.6) is 0 Å². The van der Waals surface area contributed by atoms with Gasteiger partial charge in [0.1, 0.15) is 5.82 Å². The Morgan fingerprint density at radius 2 is 1.75 bits per heavy atom. The van der Waals surface area contributed by atoms with Crippen molar-refractivity contribution in [1.82, 2.24) is 10.1 Å². The second-order valence-corrected chi connectivity index (χ2v) is 8.17. The number of hydrogen-bond donors (Lipinski definition) is 0. The number of carbonyl (C=O) groups is 1. The van der Waals surface area contributed by atoms with E-state index in [-0.39, 0.29) is 23.1 Å². The molecule has 4 rings (SSSR count). The number of amides is 1.